The van der Waals surface area contributed by atoms with Gasteiger partial charge in [-0.1, -0.05) is 20.8 Å². The zero-order valence-corrected chi connectivity index (χ0v) is 16.7. The predicted molar refractivity (Wildman–Crippen MR) is 98.8 cm³/mol. The molecule has 0 bridgehead atoms. The Labute approximate surface area is 147 Å². The molecule has 1 aliphatic rings. The number of hydrogen-bond donors (Lipinski definition) is 2. The molecule has 0 aromatic heterocycles. The third-order valence-electron chi connectivity index (χ3n) is 4.48. The summed E-state index contributed by atoms with van der Waals surface area (Å²) in [6, 6.07) is 0.232. The molecule has 7 nitrogen and oxygen atoms in total. The van der Waals surface area contributed by atoms with Crippen LogP contribution in [-0.2, 0) is 14.8 Å². The average molecular weight is 363 g/mol. The molecule has 1 fully saturated rings. The molecular weight excluding hydrogens is 328 g/mol. The molecule has 2 N–H and O–H groups in total. The van der Waals surface area contributed by atoms with Gasteiger partial charge < -0.3 is 15.4 Å². The number of nitrogens with one attached hydrogen (secondary N) is 2. The van der Waals surface area contributed by atoms with Crippen molar-refractivity contribution in [3.05, 3.63) is 0 Å². The molecule has 0 spiro atoms. The van der Waals surface area contributed by atoms with Crippen molar-refractivity contribution in [3.63, 3.8) is 0 Å². The summed E-state index contributed by atoms with van der Waals surface area (Å²) in [4.78, 5) is 4.26. The van der Waals surface area contributed by atoms with Crippen LogP contribution < -0.4 is 10.6 Å². The van der Waals surface area contributed by atoms with E-state index in [2.05, 4.69) is 36.4 Å². The molecule has 24 heavy (non-hydrogen) atoms. The van der Waals surface area contributed by atoms with Gasteiger partial charge in [-0.15, -0.1) is 0 Å². The van der Waals surface area contributed by atoms with E-state index in [0.29, 0.717) is 19.6 Å². The van der Waals surface area contributed by atoms with Gasteiger partial charge in [0, 0.05) is 39.8 Å². The number of rotatable bonds is 6. The fraction of sp³-hybridized carbons (Fsp3) is 0.938. The minimum absolute atomic E-state index is 0.0421. The molecule has 0 amide bonds. The van der Waals surface area contributed by atoms with Crippen molar-refractivity contribution in [1.29, 1.82) is 0 Å². The van der Waals surface area contributed by atoms with E-state index in [1.807, 2.05) is 0 Å². The van der Waals surface area contributed by atoms with Crippen LogP contribution in [-0.4, -0.2) is 70.4 Å². The van der Waals surface area contributed by atoms with E-state index < -0.39 is 10.0 Å². The third-order valence-corrected chi connectivity index (χ3v) is 6.36. The molecule has 142 valence electrons. The predicted octanol–water partition coefficient (Wildman–Crippen LogP) is 1.03. The molecule has 0 aromatic rings. The molecule has 1 rings (SSSR count). The maximum Gasteiger partial charge on any atom is 0.213 e. The largest absolute Gasteiger partial charge is 0.379 e. The van der Waals surface area contributed by atoms with Gasteiger partial charge in [-0.3, -0.25) is 4.99 Å². The van der Waals surface area contributed by atoms with Gasteiger partial charge in [-0.05, 0) is 25.2 Å². The van der Waals surface area contributed by atoms with Crippen molar-refractivity contribution in [2.75, 3.05) is 39.5 Å². The molecule has 1 aliphatic heterocycles. The number of guanidine groups is 1. The third kappa shape index (κ3) is 6.22. The zero-order chi connectivity index (χ0) is 18.4. The Kier molecular flexibility index (Phi) is 7.95. The summed E-state index contributed by atoms with van der Waals surface area (Å²) in [6.07, 6.45) is 1.65. The number of ether oxygens (including phenoxy) is 1. The fourth-order valence-electron chi connectivity index (χ4n) is 2.78. The second-order valence-electron chi connectivity index (χ2n) is 7.26. The summed E-state index contributed by atoms with van der Waals surface area (Å²) < 4.78 is 30.9. The Morgan fingerprint density at radius 1 is 1.33 bits per heavy atom. The van der Waals surface area contributed by atoms with Crippen molar-refractivity contribution >= 4 is 16.0 Å². The van der Waals surface area contributed by atoms with Crippen molar-refractivity contribution in [2.24, 2.45) is 10.4 Å². The molecule has 1 saturated heterocycles. The monoisotopic (exact) mass is 362 g/mol. The standard InChI is InChI=1S/C16H34N4O3S/c1-7-24(21,22)20-10-8-13(9-11-20)19-15(17-5)18-12-14(23-6)16(2,3)4/h13-14H,7-12H2,1-6H3,(H2,17,18,19). The Morgan fingerprint density at radius 2 is 1.92 bits per heavy atom. The van der Waals surface area contributed by atoms with E-state index in [0.717, 1.165) is 18.8 Å². The van der Waals surface area contributed by atoms with Gasteiger partial charge in [0.25, 0.3) is 0 Å². The molecule has 0 aliphatic carbocycles. The van der Waals surface area contributed by atoms with Gasteiger partial charge in [-0.25, -0.2) is 12.7 Å². The minimum atomic E-state index is -3.08. The highest BCUT2D eigenvalue weighted by molar-refractivity contribution is 7.89. The summed E-state index contributed by atoms with van der Waals surface area (Å²) in [5.41, 5.74) is 0.0421. The van der Waals surface area contributed by atoms with Crippen LogP contribution in [0.1, 0.15) is 40.5 Å². The van der Waals surface area contributed by atoms with Crippen LogP contribution >= 0.6 is 0 Å². The molecule has 1 unspecified atom stereocenters. The number of methoxy groups -OCH3 is 1. The van der Waals surface area contributed by atoms with Gasteiger partial charge in [0.05, 0.1) is 11.9 Å². The number of hydrogen-bond acceptors (Lipinski definition) is 4. The topological polar surface area (TPSA) is 83.0 Å². The van der Waals surface area contributed by atoms with Crippen LogP contribution in [0, 0.1) is 5.41 Å². The second-order valence-corrected chi connectivity index (χ2v) is 9.52. The Balaban J connectivity index is 2.48. The Morgan fingerprint density at radius 3 is 2.33 bits per heavy atom. The molecule has 0 saturated carbocycles. The fourth-order valence-corrected chi connectivity index (χ4v) is 3.91. The number of sulfonamides is 1. The second kappa shape index (κ2) is 9.01. The highest BCUT2D eigenvalue weighted by Gasteiger charge is 2.28. The molecule has 8 heteroatoms. The molecule has 1 atom stereocenters. The molecule has 0 radical (unpaired) electrons. The number of aliphatic imine (C=N–C) groups is 1. The average Bonchev–Trinajstić information content (AvgIpc) is 2.53. The van der Waals surface area contributed by atoms with Gasteiger partial charge in [0.1, 0.15) is 0 Å². The van der Waals surface area contributed by atoms with E-state index in [1.165, 1.54) is 0 Å². The van der Waals surface area contributed by atoms with Crippen LogP contribution in [0.15, 0.2) is 4.99 Å². The van der Waals surface area contributed by atoms with Crippen molar-refractivity contribution in [2.45, 2.75) is 52.7 Å². The highest BCUT2D eigenvalue weighted by atomic mass is 32.2. The van der Waals surface area contributed by atoms with E-state index >= 15 is 0 Å². The molecule has 1 heterocycles. The van der Waals surface area contributed by atoms with Gasteiger partial charge in [0.15, 0.2) is 5.96 Å². The van der Waals surface area contributed by atoms with E-state index in [1.54, 1.807) is 25.4 Å². The SMILES string of the molecule is CCS(=O)(=O)N1CCC(NC(=NC)NCC(OC)C(C)(C)C)CC1. The smallest absolute Gasteiger partial charge is 0.213 e. The lowest BCUT2D eigenvalue weighted by molar-refractivity contribution is 0.0205. The summed E-state index contributed by atoms with van der Waals surface area (Å²) in [6.45, 7) is 9.91. The lowest BCUT2D eigenvalue weighted by Crippen LogP contribution is -2.51. The van der Waals surface area contributed by atoms with E-state index in [-0.39, 0.29) is 23.3 Å². The van der Waals surface area contributed by atoms with Gasteiger partial charge in [0.2, 0.25) is 10.0 Å². The maximum atomic E-state index is 11.9. The minimum Gasteiger partial charge on any atom is -0.379 e. The molecule has 0 aromatic carbocycles. The van der Waals surface area contributed by atoms with Crippen molar-refractivity contribution in [1.82, 2.24) is 14.9 Å². The summed E-state index contributed by atoms with van der Waals surface area (Å²) in [5.74, 6) is 0.901. The van der Waals surface area contributed by atoms with Crippen molar-refractivity contribution < 1.29 is 13.2 Å². The van der Waals surface area contributed by atoms with E-state index in [4.69, 9.17) is 4.74 Å². The van der Waals surface area contributed by atoms with E-state index in [9.17, 15) is 8.42 Å². The van der Waals surface area contributed by atoms with Crippen LogP contribution in [0.5, 0.6) is 0 Å². The first kappa shape index (κ1) is 21.2. The first-order valence-corrected chi connectivity index (χ1v) is 10.2. The normalized spacial score (nSPS) is 20.0. The lowest BCUT2D eigenvalue weighted by Gasteiger charge is -2.33. The van der Waals surface area contributed by atoms with Gasteiger partial charge >= 0.3 is 0 Å². The zero-order valence-electron chi connectivity index (χ0n) is 15.9. The van der Waals surface area contributed by atoms with Crippen LogP contribution in [0.25, 0.3) is 0 Å². The summed E-state index contributed by atoms with van der Waals surface area (Å²) in [7, 11) is 0.384. The number of piperidine rings is 1. The number of nitrogens with zero attached hydrogens (tertiary/aromatic N) is 2. The first-order valence-electron chi connectivity index (χ1n) is 8.61. The first-order chi connectivity index (χ1) is 11.1. The maximum absolute atomic E-state index is 11.9. The quantitative estimate of drug-likeness (QED) is 0.545. The summed E-state index contributed by atoms with van der Waals surface area (Å²) in [5, 5.41) is 6.70. The van der Waals surface area contributed by atoms with Crippen LogP contribution in [0.3, 0.4) is 0 Å². The van der Waals surface area contributed by atoms with Crippen molar-refractivity contribution in [3.8, 4) is 0 Å². The van der Waals surface area contributed by atoms with Crippen LogP contribution in [0.2, 0.25) is 0 Å². The Hall–Kier alpha value is -0.860. The molecular formula is C16H34N4O3S. The van der Waals surface area contributed by atoms with Crippen LogP contribution in [0.4, 0.5) is 0 Å². The summed E-state index contributed by atoms with van der Waals surface area (Å²) >= 11 is 0. The Bertz CT molecular complexity index is 506. The highest BCUT2D eigenvalue weighted by Crippen LogP contribution is 2.21. The van der Waals surface area contributed by atoms with Gasteiger partial charge in [-0.2, -0.15) is 0 Å². The lowest BCUT2D eigenvalue weighted by atomic mass is 9.89.